The Morgan fingerprint density at radius 2 is 1.61 bits per heavy atom. The van der Waals surface area contributed by atoms with E-state index in [1.807, 2.05) is 0 Å². The van der Waals surface area contributed by atoms with Crippen LogP contribution in [0.2, 0.25) is 10.0 Å². The van der Waals surface area contributed by atoms with Crippen LogP contribution >= 0.6 is 35.0 Å². The molecule has 4 rings (SSSR count). The monoisotopic (exact) mass is 519 g/mol. The fraction of sp³-hybridized carbons (Fsp3) is 0.0435. The molecular formula is C23H15Cl2NO5S2. The van der Waals surface area contributed by atoms with E-state index in [1.54, 1.807) is 54.6 Å². The highest BCUT2D eigenvalue weighted by Gasteiger charge is 2.35. The summed E-state index contributed by atoms with van der Waals surface area (Å²) >= 11 is 12.7. The third-order valence-electron chi connectivity index (χ3n) is 4.64. The molecule has 2 amide bonds. The van der Waals surface area contributed by atoms with Gasteiger partial charge >= 0.3 is 10.1 Å². The fourth-order valence-electron chi connectivity index (χ4n) is 3.03. The molecule has 10 heteroatoms. The third kappa shape index (κ3) is 5.25. The van der Waals surface area contributed by atoms with Crippen molar-refractivity contribution >= 4 is 62.3 Å². The molecule has 1 heterocycles. The lowest BCUT2D eigenvalue weighted by Crippen LogP contribution is -2.27. The lowest BCUT2D eigenvalue weighted by atomic mass is 10.2. The molecule has 33 heavy (non-hydrogen) atoms. The second kappa shape index (κ2) is 9.61. The summed E-state index contributed by atoms with van der Waals surface area (Å²) in [5, 5.41) is 0.242. The summed E-state index contributed by atoms with van der Waals surface area (Å²) < 4.78 is 30.6. The van der Waals surface area contributed by atoms with Crippen LogP contribution in [0, 0.1) is 0 Å². The predicted octanol–water partition coefficient (Wildman–Crippen LogP) is 6.00. The highest BCUT2D eigenvalue weighted by atomic mass is 35.5. The van der Waals surface area contributed by atoms with Gasteiger partial charge in [-0.2, -0.15) is 8.42 Å². The first kappa shape index (κ1) is 23.4. The van der Waals surface area contributed by atoms with Crippen LogP contribution in [0.25, 0.3) is 6.08 Å². The second-order valence-corrected chi connectivity index (χ2v) is 10.3. The van der Waals surface area contributed by atoms with Crippen molar-refractivity contribution in [3.8, 4) is 5.75 Å². The average Bonchev–Trinajstić information content (AvgIpc) is 3.05. The van der Waals surface area contributed by atoms with Gasteiger partial charge in [-0.05, 0) is 53.7 Å². The van der Waals surface area contributed by atoms with Gasteiger partial charge in [0.1, 0.15) is 10.6 Å². The Morgan fingerprint density at radius 3 is 2.33 bits per heavy atom. The van der Waals surface area contributed by atoms with Gasteiger partial charge in [0.15, 0.2) is 0 Å². The molecule has 3 aromatic rings. The number of amides is 2. The van der Waals surface area contributed by atoms with Crippen LogP contribution in [0.3, 0.4) is 0 Å². The first-order valence-corrected chi connectivity index (χ1v) is 12.5. The van der Waals surface area contributed by atoms with Crippen LogP contribution in [0.4, 0.5) is 4.79 Å². The standard InChI is InChI=1S/C23H15Cl2NO5S2/c24-18-11-10-15(12-19(18)25)14-26-22(27)21(32-23(26)28)13-16-6-4-5-9-20(16)31-33(29,30)17-7-2-1-3-8-17/h1-13H,14H2/b21-13-. The van der Waals surface area contributed by atoms with Crippen molar-refractivity contribution < 1.29 is 22.2 Å². The highest BCUT2D eigenvalue weighted by Crippen LogP contribution is 2.36. The number of benzene rings is 3. The van der Waals surface area contributed by atoms with Crippen molar-refractivity contribution in [2.24, 2.45) is 0 Å². The number of rotatable bonds is 6. The van der Waals surface area contributed by atoms with Gasteiger partial charge in [-0.15, -0.1) is 0 Å². The van der Waals surface area contributed by atoms with Crippen molar-refractivity contribution in [2.45, 2.75) is 11.4 Å². The quantitative estimate of drug-likeness (QED) is 0.293. The number of para-hydroxylation sites is 1. The molecule has 0 N–H and O–H groups in total. The van der Waals surface area contributed by atoms with Gasteiger partial charge in [-0.1, -0.05) is 65.7 Å². The van der Waals surface area contributed by atoms with Gasteiger partial charge in [-0.3, -0.25) is 14.5 Å². The largest absolute Gasteiger partial charge is 0.378 e. The Hall–Kier alpha value is -2.78. The third-order valence-corrected chi connectivity index (χ3v) is 7.53. The van der Waals surface area contributed by atoms with E-state index in [0.29, 0.717) is 21.2 Å². The molecule has 3 aromatic carbocycles. The summed E-state index contributed by atoms with van der Waals surface area (Å²) in [6.45, 7) is 0.0272. The van der Waals surface area contributed by atoms with E-state index < -0.39 is 21.3 Å². The molecule has 0 atom stereocenters. The molecule has 0 spiro atoms. The minimum absolute atomic E-state index is 0.00162. The molecule has 1 aliphatic heterocycles. The van der Waals surface area contributed by atoms with Crippen molar-refractivity contribution in [1.29, 1.82) is 0 Å². The summed E-state index contributed by atoms with van der Waals surface area (Å²) in [4.78, 5) is 26.6. The van der Waals surface area contributed by atoms with Crippen LogP contribution in [0.15, 0.2) is 82.6 Å². The number of carbonyl (C=O) groups excluding carboxylic acids is 2. The molecule has 0 bridgehead atoms. The summed E-state index contributed by atoms with van der Waals surface area (Å²) in [6, 6.07) is 19.0. The maximum absolute atomic E-state index is 12.9. The zero-order valence-corrected chi connectivity index (χ0v) is 19.9. The van der Waals surface area contributed by atoms with E-state index in [-0.39, 0.29) is 22.1 Å². The Kier molecular flexibility index (Phi) is 6.81. The van der Waals surface area contributed by atoms with Crippen LogP contribution < -0.4 is 4.18 Å². The Morgan fingerprint density at radius 1 is 0.909 bits per heavy atom. The Balaban J connectivity index is 1.59. The van der Waals surface area contributed by atoms with Gasteiger partial charge in [0, 0.05) is 5.56 Å². The van der Waals surface area contributed by atoms with Gasteiger partial charge in [-0.25, -0.2) is 0 Å². The molecule has 1 fully saturated rings. The topological polar surface area (TPSA) is 80.8 Å². The summed E-state index contributed by atoms with van der Waals surface area (Å²) in [6.07, 6.45) is 1.44. The second-order valence-electron chi connectivity index (χ2n) is 6.90. The van der Waals surface area contributed by atoms with E-state index in [0.717, 1.165) is 16.7 Å². The van der Waals surface area contributed by atoms with E-state index >= 15 is 0 Å². The number of imide groups is 1. The molecule has 168 valence electrons. The molecule has 1 aliphatic rings. The van der Waals surface area contributed by atoms with Crippen molar-refractivity contribution in [3.05, 3.63) is 98.9 Å². The minimum atomic E-state index is -4.07. The maximum atomic E-state index is 12.9. The number of thioether (sulfide) groups is 1. The van der Waals surface area contributed by atoms with E-state index in [4.69, 9.17) is 27.4 Å². The SMILES string of the molecule is O=C1S/C(=C\c2ccccc2OS(=O)(=O)c2ccccc2)C(=O)N1Cc1ccc(Cl)c(Cl)c1. The Labute approximate surface area is 204 Å². The van der Waals surface area contributed by atoms with Crippen molar-refractivity contribution in [2.75, 3.05) is 0 Å². The van der Waals surface area contributed by atoms with Gasteiger partial charge in [0.2, 0.25) is 0 Å². The zero-order valence-electron chi connectivity index (χ0n) is 16.8. The van der Waals surface area contributed by atoms with Crippen LogP contribution in [0.5, 0.6) is 5.75 Å². The number of nitrogens with zero attached hydrogens (tertiary/aromatic N) is 1. The number of hydrogen-bond acceptors (Lipinski definition) is 6. The molecule has 0 unspecified atom stereocenters. The fourth-order valence-corrected chi connectivity index (χ4v) is 5.15. The molecule has 6 nitrogen and oxygen atoms in total. The van der Waals surface area contributed by atoms with Crippen LogP contribution in [0.1, 0.15) is 11.1 Å². The summed E-state index contributed by atoms with van der Waals surface area (Å²) in [5.41, 5.74) is 0.989. The average molecular weight is 520 g/mol. The van der Waals surface area contributed by atoms with E-state index in [2.05, 4.69) is 0 Å². The van der Waals surface area contributed by atoms with Crippen molar-refractivity contribution in [3.63, 3.8) is 0 Å². The number of hydrogen-bond donors (Lipinski definition) is 0. The van der Waals surface area contributed by atoms with Gasteiger partial charge < -0.3 is 4.18 Å². The lowest BCUT2D eigenvalue weighted by Gasteiger charge is -2.13. The predicted molar refractivity (Wildman–Crippen MR) is 129 cm³/mol. The summed E-state index contributed by atoms with van der Waals surface area (Å²) in [7, 11) is -4.07. The van der Waals surface area contributed by atoms with Gasteiger partial charge in [0.25, 0.3) is 11.1 Å². The van der Waals surface area contributed by atoms with Crippen LogP contribution in [-0.2, 0) is 21.5 Å². The molecular weight excluding hydrogens is 505 g/mol. The number of halogens is 2. The molecule has 1 saturated heterocycles. The van der Waals surface area contributed by atoms with E-state index in [9.17, 15) is 18.0 Å². The molecule has 0 radical (unpaired) electrons. The van der Waals surface area contributed by atoms with Crippen molar-refractivity contribution in [1.82, 2.24) is 4.90 Å². The molecule has 0 aromatic heterocycles. The normalized spacial score (nSPS) is 15.3. The minimum Gasteiger partial charge on any atom is -0.378 e. The Bertz CT molecular complexity index is 1370. The lowest BCUT2D eigenvalue weighted by molar-refractivity contribution is -0.123. The summed E-state index contributed by atoms with van der Waals surface area (Å²) in [5.74, 6) is -0.463. The smallest absolute Gasteiger partial charge is 0.339 e. The zero-order chi connectivity index (χ0) is 23.6. The van der Waals surface area contributed by atoms with Crippen LogP contribution in [-0.4, -0.2) is 24.5 Å². The maximum Gasteiger partial charge on any atom is 0.339 e. The van der Waals surface area contributed by atoms with E-state index in [1.165, 1.54) is 24.3 Å². The highest BCUT2D eigenvalue weighted by molar-refractivity contribution is 8.18. The molecule has 0 saturated carbocycles. The first-order chi connectivity index (χ1) is 15.7. The molecule has 0 aliphatic carbocycles. The first-order valence-electron chi connectivity index (χ1n) is 9.52. The van der Waals surface area contributed by atoms with Gasteiger partial charge in [0.05, 0.1) is 21.5 Å². The number of carbonyl (C=O) groups is 2.